The van der Waals surface area contributed by atoms with Gasteiger partial charge in [-0.15, -0.1) is 0 Å². The second-order valence-electron chi connectivity index (χ2n) is 6.12. The first-order valence-corrected chi connectivity index (χ1v) is 6.96. The monoisotopic (exact) mass is 264 g/mol. The molecule has 5 heteroatoms. The zero-order valence-corrected chi connectivity index (χ0v) is 12.4. The molecule has 5 nitrogen and oxygen atoms in total. The van der Waals surface area contributed by atoms with E-state index in [2.05, 4.69) is 31.2 Å². The van der Waals surface area contributed by atoms with Gasteiger partial charge in [0.25, 0.3) is 5.91 Å². The molecule has 0 aromatic carbocycles. The number of carbonyl (C=O) groups is 1. The summed E-state index contributed by atoms with van der Waals surface area (Å²) < 4.78 is 1.93. The average Bonchev–Trinajstić information content (AvgIpc) is 2.57. The van der Waals surface area contributed by atoms with Crippen LogP contribution in [0.25, 0.3) is 0 Å². The summed E-state index contributed by atoms with van der Waals surface area (Å²) in [7, 11) is 0. The van der Waals surface area contributed by atoms with E-state index in [0.717, 1.165) is 43.9 Å². The fourth-order valence-electron chi connectivity index (χ4n) is 2.52. The maximum Gasteiger partial charge on any atom is 0.257 e. The molecule has 0 radical (unpaired) electrons. The molecule has 1 aliphatic heterocycles. The number of aromatic nitrogens is 2. The lowest BCUT2D eigenvalue weighted by Crippen LogP contribution is -2.34. The SMILES string of the molecule is Cc1c(C(=O)N2CCCNCC2)cnn1C(C)(C)C. The highest BCUT2D eigenvalue weighted by Gasteiger charge is 2.24. The van der Waals surface area contributed by atoms with Crippen LogP contribution >= 0.6 is 0 Å². The molecule has 1 saturated heterocycles. The molecule has 0 unspecified atom stereocenters. The molecular formula is C14H24N4O. The Kier molecular flexibility index (Phi) is 3.94. The molecule has 1 aromatic heterocycles. The molecule has 0 atom stereocenters. The van der Waals surface area contributed by atoms with Crippen LogP contribution in [-0.2, 0) is 5.54 Å². The molecule has 2 rings (SSSR count). The summed E-state index contributed by atoms with van der Waals surface area (Å²) in [6, 6.07) is 0. The van der Waals surface area contributed by atoms with Gasteiger partial charge in [-0.25, -0.2) is 0 Å². The molecule has 106 valence electrons. The molecule has 19 heavy (non-hydrogen) atoms. The van der Waals surface area contributed by atoms with E-state index < -0.39 is 0 Å². The van der Waals surface area contributed by atoms with Crippen molar-refractivity contribution in [3.63, 3.8) is 0 Å². The Morgan fingerprint density at radius 1 is 1.32 bits per heavy atom. The summed E-state index contributed by atoms with van der Waals surface area (Å²) >= 11 is 0. The minimum absolute atomic E-state index is 0.0943. The Morgan fingerprint density at radius 2 is 2.05 bits per heavy atom. The lowest BCUT2D eigenvalue weighted by Gasteiger charge is -2.23. The zero-order valence-electron chi connectivity index (χ0n) is 12.4. The van der Waals surface area contributed by atoms with Gasteiger partial charge >= 0.3 is 0 Å². The normalized spacial score (nSPS) is 17.4. The van der Waals surface area contributed by atoms with Crippen LogP contribution in [0, 0.1) is 6.92 Å². The van der Waals surface area contributed by atoms with Gasteiger partial charge in [-0.2, -0.15) is 5.10 Å². The van der Waals surface area contributed by atoms with Crippen LogP contribution in [0.1, 0.15) is 43.2 Å². The number of nitrogens with one attached hydrogen (secondary N) is 1. The van der Waals surface area contributed by atoms with Gasteiger partial charge in [0.1, 0.15) is 0 Å². The number of hydrogen-bond acceptors (Lipinski definition) is 3. The average molecular weight is 264 g/mol. The summed E-state index contributed by atoms with van der Waals surface area (Å²) in [5.74, 6) is 0.108. The number of hydrogen-bond donors (Lipinski definition) is 1. The van der Waals surface area contributed by atoms with Gasteiger partial charge in [-0.1, -0.05) is 0 Å². The predicted molar refractivity (Wildman–Crippen MR) is 75.4 cm³/mol. The van der Waals surface area contributed by atoms with Crippen LogP contribution in [0.15, 0.2) is 6.20 Å². The van der Waals surface area contributed by atoms with Gasteiger partial charge in [0.05, 0.1) is 17.3 Å². The summed E-state index contributed by atoms with van der Waals surface area (Å²) in [4.78, 5) is 14.5. The summed E-state index contributed by atoms with van der Waals surface area (Å²) in [6.07, 6.45) is 2.72. The van der Waals surface area contributed by atoms with E-state index in [9.17, 15) is 4.79 Å². The van der Waals surface area contributed by atoms with Crippen molar-refractivity contribution in [1.29, 1.82) is 0 Å². The number of amides is 1. The lowest BCUT2D eigenvalue weighted by atomic mass is 10.1. The van der Waals surface area contributed by atoms with Crippen molar-refractivity contribution in [2.75, 3.05) is 26.2 Å². The third-order valence-electron chi connectivity index (χ3n) is 3.50. The topological polar surface area (TPSA) is 50.2 Å². The van der Waals surface area contributed by atoms with Crippen molar-refractivity contribution in [2.24, 2.45) is 0 Å². The molecule has 1 N–H and O–H groups in total. The molecule has 0 saturated carbocycles. The maximum atomic E-state index is 12.6. The molecule has 1 amide bonds. The molecule has 1 aromatic rings. The van der Waals surface area contributed by atoms with E-state index in [1.54, 1.807) is 6.20 Å². The lowest BCUT2D eigenvalue weighted by molar-refractivity contribution is 0.0765. The fraction of sp³-hybridized carbons (Fsp3) is 0.714. The van der Waals surface area contributed by atoms with Crippen molar-refractivity contribution in [1.82, 2.24) is 20.0 Å². The molecule has 2 heterocycles. The number of nitrogens with zero attached hydrogens (tertiary/aromatic N) is 3. The Labute approximate surface area is 115 Å². The van der Waals surface area contributed by atoms with Gasteiger partial charge < -0.3 is 10.2 Å². The Hall–Kier alpha value is -1.36. The van der Waals surface area contributed by atoms with Crippen LogP contribution in [0.5, 0.6) is 0 Å². The highest BCUT2D eigenvalue weighted by Crippen LogP contribution is 2.19. The minimum atomic E-state index is -0.0943. The van der Waals surface area contributed by atoms with Crippen molar-refractivity contribution in [2.45, 2.75) is 39.7 Å². The summed E-state index contributed by atoms with van der Waals surface area (Å²) in [5.41, 5.74) is 1.59. The van der Waals surface area contributed by atoms with Gasteiger partial charge in [-0.05, 0) is 40.7 Å². The van der Waals surface area contributed by atoms with E-state index in [1.165, 1.54) is 0 Å². The van der Waals surface area contributed by atoms with E-state index in [1.807, 2.05) is 16.5 Å². The predicted octanol–water partition coefficient (Wildman–Crippen LogP) is 1.38. The zero-order chi connectivity index (χ0) is 14.0. The van der Waals surface area contributed by atoms with Crippen LogP contribution in [-0.4, -0.2) is 46.8 Å². The van der Waals surface area contributed by atoms with Crippen LogP contribution in [0.3, 0.4) is 0 Å². The quantitative estimate of drug-likeness (QED) is 0.834. The van der Waals surface area contributed by atoms with Gasteiger partial charge in [0, 0.05) is 25.3 Å². The molecule has 1 fully saturated rings. The standard InChI is InChI=1S/C14H24N4O/c1-11-12(10-16-18(11)14(2,3)4)13(19)17-8-5-6-15-7-9-17/h10,15H,5-9H2,1-4H3. The smallest absolute Gasteiger partial charge is 0.257 e. The summed E-state index contributed by atoms with van der Waals surface area (Å²) in [5, 5.41) is 7.69. The third-order valence-corrected chi connectivity index (χ3v) is 3.50. The number of rotatable bonds is 1. The first-order valence-electron chi connectivity index (χ1n) is 6.96. The van der Waals surface area contributed by atoms with Crippen LogP contribution < -0.4 is 5.32 Å². The van der Waals surface area contributed by atoms with Crippen molar-refractivity contribution in [3.8, 4) is 0 Å². The Morgan fingerprint density at radius 3 is 2.68 bits per heavy atom. The minimum Gasteiger partial charge on any atom is -0.337 e. The van der Waals surface area contributed by atoms with Gasteiger partial charge in [0.2, 0.25) is 0 Å². The van der Waals surface area contributed by atoms with Crippen molar-refractivity contribution >= 4 is 5.91 Å². The maximum absolute atomic E-state index is 12.6. The molecule has 0 bridgehead atoms. The van der Waals surface area contributed by atoms with E-state index in [0.29, 0.717) is 0 Å². The van der Waals surface area contributed by atoms with Crippen molar-refractivity contribution < 1.29 is 4.79 Å². The van der Waals surface area contributed by atoms with E-state index in [-0.39, 0.29) is 11.4 Å². The highest BCUT2D eigenvalue weighted by atomic mass is 16.2. The first kappa shape index (κ1) is 14.1. The number of carbonyl (C=O) groups excluding carboxylic acids is 1. The largest absolute Gasteiger partial charge is 0.337 e. The highest BCUT2D eigenvalue weighted by molar-refractivity contribution is 5.95. The second-order valence-corrected chi connectivity index (χ2v) is 6.12. The van der Waals surface area contributed by atoms with Gasteiger partial charge in [0.15, 0.2) is 0 Å². The Bertz CT molecular complexity index is 451. The first-order chi connectivity index (χ1) is 8.91. The molecule has 1 aliphatic rings. The molecular weight excluding hydrogens is 240 g/mol. The Balaban J connectivity index is 2.22. The van der Waals surface area contributed by atoms with Crippen LogP contribution in [0.2, 0.25) is 0 Å². The summed E-state index contributed by atoms with van der Waals surface area (Å²) in [6.45, 7) is 11.7. The third kappa shape index (κ3) is 2.97. The van der Waals surface area contributed by atoms with E-state index in [4.69, 9.17) is 0 Å². The second kappa shape index (κ2) is 5.33. The van der Waals surface area contributed by atoms with Crippen molar-refractivity contribution in [3.05, 3.63) is 17.5 Å². The fourth-order valence-corrected chi connectivity index (χ4v) is 2.52. The molecule has 0 spiro atoms. The van der Waals surface area contributed by atoms with Gasteiger partial charge in [-0.3, -0.25) is 9.48 Å². The van der Waals surface area contributed by atoms with E-state index >= 15 is 0 Å². The van der Waals surface area contributed by atoms with Crippen LogP contribution in [0.4, 0.5) is 0 Å². The molecule has 0 aliphatic carbocycles.